The summed E-state index contributed by atoms with van der Waals surface area (Å²) >= 11 is 0. The van der Waals surface area contributed by atoms with Gasteiger partial charge in [0.2, 0.25) is 0 Å². The first-order valence-corrected chi connectivity index (χ1v) is 24.0. The molecule has 64 heavy (non-hydrogen) atoms. The number of rotatable bonds is 7. The van der Waals surface area contributed by atoms with Crippen molar-refractivity contribution >= 4 is 94.4 Å². The third kappa shape index (κ3) is 5.21. The molecule has 0 spiro atoms. The zero-order valence-corrected chi connectivity index (χ0v) is 35.9. The summed E-state index contributed by atoms with van der Waals surface area (Å²) in [4.78, 5) is 0. The van der Waals surface area contributed by atoms with Gasteiger partial charge in [0.05, 0.1) is 27.8 Å². The van der Waals surface area contributed by atoms with Crippen LogP contribution < -0.4 is 20.7 Å². The lowest BCUT2D eigenvalue weighted by Crippen LogP contribution is -2.75. The van der Waals surface area contributed by atoms with Gasteiger partial charge in [-0.15, -0.1) is 0 Å². The lowest BCUT2D eigenvalue weighted by molar-refractivity contribution is 0.669. The lowest BCUT2D eigenvalue weighted by Gasteiger charge is -2.36. The Morgan fingerprint density at radius 3 is 1.39 bits per heavy atom. The summed E-state index contributed by atoms with van der Waals surface area (Å²) in [5.41, 5.74) is 11.0. The smallest absolute Gasteiger partial charge is 0.181 e. The molecule has 3 aromatic heterocycles. The summed E-state index contributed by atoms with van der Waals surface area (Å²) in [6, 6.07) is 89.4. The van der Waals surface area contributed by atoms with Crippen LogP contribution in [0.15, 0.2) is 247 Å². The Morgan fingerprint density at radius 2 is 0.781 bits per heavy atom. The Morgan fingerprint density at radius 1 is 0.312 bits per heavy atom. The third-order valence-corrected chi connectivity index (χ3v) is 18.3. The first-order chi connectivity index (χ1) is 31.8. The van der Waals surface area contributed by atoms with Gasteiger partial charge in [-0.3, -0.25) is 0 Å². The van der Waals surface area contributed by atoms with E-state index in [1.54, 1.807) is 0 Å². The number of benzene rings is 10. The largest absolute Gasteiger partial charge is 0.456 e. The van der Waals surface area contributed by atoms with Crippen LogP contribution in [0.1, 0.15) is 0 Å². The van der Waals surface area contributed by atoms with E-state index < -0.39 is 8.07 Å². The molecule has 0 saturated carbocycles. The van der Waals surface area contributed by atoms with Gasteiger partial charge in [0, 0.05) is 43.6 Å². The molecule has 0 unspecified atom stereocenters. The molecule has 0 amide bonds. The minimum Gasteiger partial charge on any atom is -0.456 e. The molecule has 13 rings (SSSR count). The molecule has 0 aliphatic heterocycles. The van der Waals surface area contributed by atoms with Crippen molar-refractivity contribution in [2.75, 3.05) is 0 Å². The highest BCUT2D eigenvalue weighted by Gasteiger charge is 2.43. The molecule has 0 N–H and O–H groups in total. The molecule has 0 radical (unpaired) electrons. The maximum Gasteiger partial charge on any atom is 0.181 e. The zero-order valence-electron chi connectivity index (χ0n) is 34.9. The van der Waals surface area contributed by atoms with Crippen LogP contribution >= 0.6 is 0 Å². The molecule has 13 aromatic rings. The van der Waals surface area contributed by atoms with E-state index in [9.17, 15) is 0 Å². The van der Waals surface area contributed by atoms with Crippen molar-refractivity contribution in [1.29, 1.82) is 0 Å². The second kappa shape index (κ2) is 14.5. The fourth-order valence-electron chi connectivity index (χ4n) is 10.9. The molecule has 0 bridgehead atoms. The van der Waals surface area contributed by atoms with Crippen molar-refractivity contribution in [3.63, 3.8) is 0 Å². The maximum atomic E-state index is 6.67. The van der Waals surface area contributed by atoms with Crippen molar-refractivity contribution in [2.45, 2.75) is 0 Å². The summed E-state index contributed by atoms with van der Waals surface area (Å²) in [7, 11) is -3.02. The number of hydrogen-bond acceptors (Lipinski definition) is 1. The summed E-state index contributed by atoms with van der Waals surface area (Å²) in [6.45, 7) is 0. The van der Waals surface area contributed by atoms with Gasteiger partial charge in [0.25, 0.3) is 0 Å². The molecule has 3 heterocycles. The molecule has 10 aromatic carbocycles. The van der Waals surface area contributed by atoms with Gasteiger partial charge < -0.3 is 13.6 Å². The van der Waals surface area contributed by atoms with Gasteiger partial charge in [-0.25, -0.2) is 0 Å². The Hall–Kier alpha value is -8.18. The van der Waals surface area contributed by atoms with Crippen molar-refractivity contribution < 1.29 is 4.42 Å². The first kappa shape index (κ1) is 36.5. The Kier molecular flexibility index (Phi) is 8.23. The van der Waals surface area contributed by atoms with Crippen LogP contribution in [0, 0.1) is 0 Å². The van der Waals surface area contributed by atoms with Crippen LogP contribution in [0.2, 0.25) is 0 Å². The van der Waals surface area contributed by atoms with E-state index in [4.69, 9.17) is 4.42 Å². The van der Waals surface area contributed by atoms with Crippen LogP contribution in [-0.4, -0.2) is 17.2 Å². The zero-order chi connectivity index (χ0) is 42.2. The fraction of sp³-hybridized carbons (Fsp3) is 0. The van der Waals surface area contributed by atoms with Gasteiger partial charge >= 0.3 is 0 Å². The van der Waals surface area contributed by atoms with Crippen molar-refractivity contribution in [3.05, 3.63) is 243 Å². The molecule has 300 valence electrons. The van der Waals surface area contributed by atoms with Gasteiger partial charge in [0.15, 0.2) is 8.07 Å². The lowest BCUT2D eigenvalue weighted by atomic mass is 9.95. The minimum absolute atomic E-state index is 0.871. The SMILES string of the molecule is c1ccc([Si](c2ccccc2)(c2ccccc2)c2ccccc2-n2c3ccccc3c3ccc(-n4c5ccccc5c5ccccc54)c(-c4cccc5oc6ccccc6c45)c32)cc1. The first-order valence-electron chi connectivity index (χ1n) is 22.0. The van der Waals surface area contributed by atoms with E-state index in [1.807, 2.05) is 0 Å². The Labute approximate surface area is 371 Å². The summed E-state index contributed by atoms with van der Waals surface area (Å²) in [5.74, 6) is 0. The number of furan rings is 1. The fourth-order valence-corrected chi connectivity index (χ4v) is 15.9. The quantitative estimate of drug-likeness (QED) is 0.116. The molecule has 3 nitrogen and oxygen atoms in total. The van der Waals surface area contributed by atoms with Crippen LogP contribution in [0.25, 0.3) is 88.1 Å². The van der Waals surface area contributed by atoms with Gasteiger partial charge in [-0.05, 0) is 68.8 Å². The van der Waals surface area contributed by atoms with Gasteiger partial charge in [0.1, 0.15) is 11.2 Å². The summed E-state index contributed by atoms with van der Waals surface area (Å²) < 4.78 is 11.8. The number of aromatic nitrogens is 2. The molecular weight excluding hydrogens is 793 g/mol. The summed E-state index contributed by atoms with van der Waals surface area (Å²) in [6.07, 6.45) is 0. The monoisotopic (exact) mass is 832 g/mol. The molecular formula is C60H40N2OSi. The molecule has 0 aliphatic rings. The van der Waals surface area contributed by atoms with Crippen molar-refractivity contribution in [3.8, 4) is 22.5 Å². The van der Waals surface area contributed by atoms with E-state index in [0.29, 0.717) is 0 Å². The number of fused-ring (bicyclic) bond motifs is 9. The Balaban J connectivity index is 1.26. The van der Waals surface area contributed by atoms with Crippen LogP contribution in [0.4, 0.5) is 0 Å². The maximum absolute atomic E-state index is 6.67. The standard InChI is InChI=1S/C60H40N2OSi/c1-4-21-41(22-5-1)64(42-23-6-2-7-24-42,43-25-8-3-9-26-43)57-38-19-17-35-53(57)62-52-34-16-12-29-46(52)47-39-40-54(61-50-32-14-10-27-44(50)45-28-11-15-33-51(45)61)59(60(47)62)49-31-20-37-56-58(49)48-30-13-18-36-55(48)63-56/h1-40H. The van der Waals surface area contributed by atoms with Gasteiger partial charge in [-0.1, -0.05) is 200 Å². The topological polar surface area (TPSA) is 23.0 Å². The molecule has 0 aliphatic carbocycles. The summed E-state index contributed by atoms with van der Waals surface area (Å²) in [5, 5.41) is 12.4. The van der Waals surface area contributed by atoms with Crippen molar-refractivity contribution in [2.24, 2.45) is 0 Å². The molecule has 4 heteroatoms. The predicted molar refractivity (Wildman–Crippen MR) is 271 cm³/mol. The minimum atomic E-state index is -3.02. The third-order valence-electron chi connectivity index (χ3n) is 13.5. The number of para-hydroxylation sites is 5. The molecule has 0 atom stereocenters. The van der Waals surface area contributed by atoms with Crippen LogP contribution in [0.3, 0.4) is 0 Å². The average molecular weight is 833 g/mol. The van der Waals surface area contributed by atoms with E-state index >= 15 is 0 Å². The highest BCUT2D eigenvalue weighted by molar-refractivity contribution is 7.20. The van der Waals surface area contributed by atoms with E-state index in [1.165, 1.54) is 59.0 Å². The number of nitrogens with zero attached hydrogens (tertiary/aromatic N) is 2. The normalized spacial score (nSPS) is 12.1. The van der Waals surface area contributed by atoms with Crippen LogP contribution in [-0.2, 0) is 0 Å². The highest BCUT2D eigenvalue weighted by Crippen LogP contribution is 2.47. The second-order valence-electron chi connectivity index (χ2n) is 16.7. The average Bonchev–Trinajstić information content (AvgIpc) is 4.03. The number of hydrogen-bond donors (Lipinski definition) is 0. The van der Waals surface area contributed by atoms with Crippen molar-refractivity contribution in [1.82, 2.24) is 9.13 Å². The Bertz CT molecular complexity index is 3750. The van der Waals surface area contributed by atoms with Gasteiger partial charge in [-0.2, -0.15) is 0 Å². The van der Waals surface area contributed by atoms with E-state index in [-0.39, 0.29) is 0 Å². The molecule has 0 fully saturated rings. The second-order valence-corrected chi connectivity index (χ2v) is 20.5. The predicted octanol–water partition coefficient (Wildman–Crippen LogP) is 12.8. The van der Waals surface area contributed by atoms with E-state index in [2.05, 4.69) is 252 Å². The highest BCUT2D eigenvalue weighted by atomic mass is 28.3. The van der Waals surface area contributed by atoms with E-state index in [0.717, 1.165) is 49.8 Å². The van der Waals surface area contributed by atoms with Crippen LogP contribution in [0.5, 0.6) is 0 Å². The molecule has 0 saturated heterocycles.